The van der Waals surface area contributed by atoms with Gasteiger partial charge in [-0.25, -0.2) is 14.6 Å². The van der Waals surface area contributed by atoms with Crippen LogP contribution < -0.4 is 20.9 Å². The molecule has 252 valence electrons. The number of hydrogen-bond donors (Lipinski definition) is 3. The summed E-state index contributed by atoms with van der Waals surface area (Å²) in [4.78, 5) is 61.8. The van der Waals surface area contributed by atoms with E-state index in [9.17, 15) is 19.2 Å². The molecule has 5 amide bonds. The van der Waals surface area contributed by atoms with Gasteiger partial charge in [-0.15, -0.1) is 11.3 Å². The highest BCUT2D eigenvalue weighted by Gasteiger charge is 2.30. The molecule has 47 heavy (non-hydrogen) atoms. The summed E-state index contributed by atoms with van der Waals surface area (Å²) in [5.41, 5.74) is 0.724. The first-order valence-electron chi connectivity index (χ1n) is 14.7. The number of benzene rings is 1. The number of ether oxygens (including phenoxy) is 1. The minimum absolute atomic E-state index is 0.0804. The van der Waals surface area contributed by atoms with Gasteiger partial charge in [0.05, 0.1) is 27.0 Å². The van der Waals surface area contributed by atoms with Crippen molar-refractivity contribution in [3.63, 3.8) is 0 Å². The number of urea groups is 1. The molecule has 1 fully saturated rings. The van der Waals surface area contributed by atoms with Gasteiger partial charge in [0.25, 0.3) is 11.8 Å². The summed E-state index contributed by atoms with van der Waals surface area (Å²) >= 11 is 20.3. The highest BCUT2D eigenvalue weighted by Crippen LogP contribution is 2.37. The van der Waals surface area contributed by atoms with Crippen LogP contribution in [0.3, 0.4) is 0 Å². The smallest absolute Gasteiger partial charge is 0.410 e. The molecular formula is C31H36Cl3N7O5S. The minimum atomic E-state index is -0.639. The lowest BCUT2D eigenvalue weighted by atomic mass is 10.1. The number of piperazine rings is 1. The second-order valence-electron chi connectivity index (χ2n) is 11.5. The largest absolute Gasteiger partial charge is 0.444 e. The monoisotopic (exact) mass is 723 g/mol. The molecule has 1 aliphatic rings. The Labute approximate surface area is 292 Å². The van der Waals surface area contributed by atoms with Gasteiger partial charge in [0.1, 0.15) is 16.3 Å². The third-order valence-corrected chi connectivity index (χ3v) is 9.07. The summed E-state index contributed by atoms with van der Waals surface area (Å²) in [6, 6.07) is 5.96. The van der Waals surface area contributed by atoms with E-state index in [4.69, 9.17) is 39.5 Å². The van der Waals surface area contributed by atoms with Crippen molar-refractivity contribution in [3.05, 3.63) is 66.9 Å². The van der Waals surface area contributed by atoms with Crippen LogP contribution in [0.15, 0.2) is 35.8 Å². The molecule has 2 aromatic heterocycles. The zero-order valence-corrected chi connectivity index (χ0v) is 29.7. The minimum Gasteiger partial charge on any atom is -0.444 e. The first kappa shape index (κ1) is 36.1. The summed E-state index contributed by atoms with van der Waals surface area (Å²) in [7, 11) is 1.54. The Kier molecular flexibility index (Phi) is 11.8. The molecule has 1 aromatic carbocycles. The molecule has 0 spiro atoms. The van der Waals surface area contributed by atoms with Crippen LogP contribution in [0.4, 0.5) is 26.8 Å². The maximum atomic E-state index is 13.8. The molecule has 0 saturated carbocycles. The molecule has 1 saturated heterocycles. The van der Waals surface area contributed by atoms with E-state index >= 15 is 0 Å². The van der Waals surface area contributed by atoms with Crippen molar-refractivity contribution in [3.8, 4) is 0 Å². The normalized spacial score (nSPS) is 13.2. The molecule has 3 aromatic rings. The van der Waals surface area contributed by atoms with Gasteiger partial charge in [0.2, 0.25) is 0 Å². The number of thiophene rings is 1. The van der Waals surface area contributed by atoms with Crippen molar-refractivity contribution in [2.24, 2.45) is 0 Å². The third kappa shape index (κ3) is 9.19. The van der Waals surface area contributed by atoms with E-state index in [0.717, 1.165) is 11.3 Å². The van der Waals surface area contributed by atoms with Crippen molar-refractivity contribution in [2.75, 3.05) is 55.3 Å². The quantitative estimate of drug-likeness (QED) is 0.232. The zero-order valence-electron chi connectivity index (χ0n) is 26.6. The Morgan fingerprint density at radius 3 is 2.30 bits per heavy atom. The maximum Gasteiger partial charge on any atom is 0.410 e. The van der Waals surface area contributed by atoms with E-state index in [1.165, 1.54) is 19.3 Å². The summed E-state index contributed by atoms with van der Waals surface area (Å²) in [6.45, 7) is 9.31. The van der Waals surface area contributed by atoms with E-state index in [1.807, 2.05) is 11.8 Å². The average Bonchev–Trinajstić information content (AvgIpc) is 3.39. The molecule has 4 rings (SSSR count). The van der Waals surface area contributed by atoms with Gasteiger partial charge in [0.15, 0.2) is 0 Å². The molecule has 16 heteroatoms. The molecule has 1 aliphatic heterocycles. The van der Waals surface area contributed by atoms with Crippen LogP contribution in [0.1, 0.15) is 53.3 Å². The van der Waals surface area contributed by atoms with Crippen molar-refractivity contribution < 1.29 is 23.9 Å². The van der Waals surface area contributed by atoms with Gasteiger partial charge in [-0.1, -0.05) is 34.8 Å². The number of aromatic nitrogens is 1. The van der Waals surface area contributed by atoms with Crippen LogP contribution in [0, 0.1) is 0 Å². The predicted octanol–water partition coefficient (Wildman–Crippen LogP) is 6.83. The number of nitrogens with zero attached hydrogens (tertiary/aromatic N) is 4. The van der Waals surface area contributed by atoms with Gasteiger partial charge >= 0.3 is 12.1 Å². The molecule has 0 atom stereocenters. The molecule has 0 aliphatic carbocycles. The van der Waals surface area contributed by atoms with E-state index in [0.29, 0.717) is 49.0 Å². The van der Waals surface area contributed by atoms with Gasteiger partial charge in [-0.05, 0) is 57.3 Å². The van der Waals surface area contributed by atoms with Crippen molar-refractivity contribution >= 4 is 87.3 Å². The molecule has 0 bridgehead atoms. The summed E-state index contributed by atoms with van der Waals surface area (Å²) in [5, 5.41) is 10.8. The SMILES string of the molecule is CCN(Cc1csc(C(=O)Nc2c(C(=O)Nc3ccc(Cl)cn3)cc(Cl)cc2N2CCN(C(=O)OC(C)(C)C)CC2)c1Cl)C(=O)NC. The number of amides is 5. The fraction of sp³-hybridized carbons (Fsp3) is 0.387. The Bertz CT molecular complexity index is 1640. The Hall–Kier alpha value is -3.78. The molecular weight excluding hydrogens is 689 g/mol. The lowest BCUT2D eigenvalue weighted by molar-refractivity contribution is 0.0240. The number of rotatable bonds is 8. The van der Waals surface area contributed by atoms with Gasteiger partial charge in [-0.2, -0.15) is 0 Å². The summed E-state index contributed by atoms with van der Waals surface area (Å²) in [6.07, 6.45) is 0.974. The van der Waals surface area contributed by atoms with E-state index in [-0.39, 0.29) is 44.6 Å². The lowest BCUT2D eigenvalue weighted by Gasteiger charge is -2.37. The number of pyridine rings is 1. The van der Waals surface area contributed by atoms with Crippen LogP contribution in [0.25, 0.3) is 0 Å². The van der Waals surface area contributed by atoms with Crippen LogP contribution in [0.2, 0.25) is 15.1 Å². The van der Waals surface area contributed by atoms with E-state index < -0.39 is 23.5 Å². The summed E-state index contributed by atoms with van der Waals surface area (Å²) < 4.78 is 5.53. The van der Waals surface area contributed by atoms with Crippen LogP contribution in [-0.2, 0) is 11.3 Å². The predicted molar refractivity (Wildman–Crippen MR) is 186 cm³/mol. The number of nitrogens with one attached hydrogen (secondary N) is 3. The fourth-order valence-electron chi connectivity index (χ4n) is 4.74. The molecule has 3 heterocycles. The zero-order chi connectivity index (χ0) is 34.5. The van der Waals surface area contributed by atoms with Crippen LogP contribution >= 0.6 is 46.1 Å². The number of hydrogen-bond acceptors (Lipinski definition) is 8. The Morgan fingerprint density at radius 2 is 1.70 bits per heavy atom. The molecule has 3 N–H and O–H groups in total. The number of carbonyl (C=O) groups excluding carboxylic acids is 4. The molecule has 0 unspecified atom stereocenters. The van der Waals surface area contributed by atoms with E-state index in [1.54, 1.807) is 54.2 Å². The molecule has 12 nitrogen and oxygen atoms in total. The number of carbonyl (C=O) groups is 4. The standard InChI is InChI=1S/C31H36Cl3N7O5S/c1-6-39(29(44)35-5)16-18-17-47-26(24(18)34)28(43)38-25-21(27(42)37-23-8-7-19(32)15-36-23)13-20(33)14-22(25)40-9-11-41(12-10-40)30(45)46-31(2,3)4/h7-8,13-15,17H,6,9-12,16H2,1-5H3,(H,35,44)(H,38,43)(H,36,37,42). The first-order chi connectivity index (χ1) is 22.2. The summed E-state index contributed by atoms with van der Waals surface area (Å²) in [5.74, 6) is -0.885. The van der Waals surface area contributed by atoms with Crippen molar-refractivity contribution in [2.45, 2.75) is 39.8 Å². The average molecular weight is 725 g/mol. The van der Waals surface area contributed by atoms with Crippen molar-refractivity contribution in [1.82, 2.24) is 20.1 Å². The van der Waals surface area contributed by atoms with Gasteiger partial charge < -0.3 is 35.4 Å². The Morgan fingerprint density at radius 1 is 1.00 bits per heavy atom. The van der Waals surface area contributed by atoms with Crippen LogP contribution in [0.5, 0.6) is 0 Å². The first-order valence-corrected chi connectivity index (χ1v) is 16.7. The molecule has 0 radical (unpaired) electrons. The maximum absolute atomic E-state index is 13.8. The number of anilines is 3. The fourth-order valence-corrected chi connectivity index (χ4v) is 6.31. The van der Waals surface area contributed by atoms with Gasteiger partial charge in [0, 0.05) is 63.1 Å². The lowest BCUT2D eigenvalue weighted by Crippen LogP contribution is -2.50. The Balaban J connectivity index is 1.67. The second kappa shape index (κ2) is 15.4. The van der Waals surface area contributed by atoms with Crippen molar-refractivity contribution in [1.29, 1.82) is 0 Å². The van der Waals surface area contributed by atoms with Gasteiger partial charge in [-0.3, -0.25) is 9.59 Å². The van der Waals surface area contributed by atoms with Crippen LogP contribution in [-0.4, -0.2) is 84.1 Å². The van der Waals surface area contributed by atoms with E-state index in [2.05, 4.69) is 20.9 Å². The third-order valence-electron chi connectivity index (χ3n) is 7.06. The number of halogens is 3. The topological polar surface area (TPSA) is 136 Å². The highest BCUT2D eigenvalue weighted by molar-refractivity contribution is 7.13. The highest BCUT2D eigenvalue weighted by atomic mass is 35.5. The second-order valence-corrected chi connectivity index (χ2v) is 13.7.